The van der Waals surface area contributed by atoms with Crippen LogP contribution in [0, 0.1) is 0 Å². The summed E-state index contributed by atoms with van der Waals surface area (Å²) in [5, 5.41) is 2.42. The van der Waals surface area contributed by atoms with Gasteiger partial charge in [0.15, 0.2) is 5.69 Å². The molecule has 0 spiro atoms. The van der Waals surface area contributed by atoms with E-state index in [0.29, 0.717) is 18.7 Å². The van der Waals surface area contributed by atoms with Gasteiger partial charge in [-0.25, -0.2) is 9.78 Å². The first kappa shape index (κ1) is 23.4. The molecule has 0 aliphatic rings. The predicted molar refractivity (Wildman–Crippen MR) is 110 cm³/mol. The standard InChI is InChI=1S/C19H26N2O6S2/c1-19(2,3)27-18(22)16-13-28-17(21-16)14-7-8-20-15(12-14)6-5-9-25-10-11-26-29(4,23)24/h7-8,12-13H,5-6,9-11H2,1-4H3. The average Bonchev–Trinajstić information content (AvgIpc) is 3.09. The van der Waals surface area contributed by atoms with Crippen molar-refractivity contribution in [2.75, 3.05) is 26.1 Å². The van der Waals surface area contributed by atoms with Crippen LogP contribution in [-0.2, 0) is 30.2 Å². The second kappa shape index (κ2) is 10.2. The Labute approximate surface area is 175 Å². The maximum Gasteiger partial charge on any atom is 0.358 e. The molecule has 10 heteroatoms. The number of pyridine rings is 1. The van der Waals surface area contributed by atoms with Gasteiger partial charge in [0.25, 0.3) is 10.1 Å². The maximum atomic E-state index is 12.1. The van der Waals surface area contributed by atoms with E-state index in [9.17, 15) is 13.2 Å². The molecule has 0 aliphatic carbocycles. The molecule has 0 aromatic carbocycles. The van der Waals surface area contributed by atoms with Crippen molar-refractivity contribution in [2.45, 2.75) is 39.2 Å². The van der Waals surface area contributed by atoms with Crippen molar-refractivity contribution in [2.24, 2.45) is 0 Å². The van der Waals surface area contributed by atoms with Gasteiger partial charge >= 0.3 is 5.97 Å². The van der Waals surface area contributed by atoms with E-state index in [2.05, 4.69) is 14.2 Å². The SMILES string of the molecule is CC(C)(C)OC(=O)c1csc(-c2ccnc(CCCOCCOS(C)(=O)=O)c2)n1. The number of aryl methyl sites for hydroxylation is 1. The quantitative estimate of drug-likeness (QED) is 0.314. The number of hydrogen-bond acceptors (Lipinski definition) is 9. The Hall–Kier alpha value is -1.88. The lowest BCUT2D eigenvalue weighted by Gasteiger charge is -2.18. The number of hydrogen-bond donors (Lipinski definition) is 0. The Morgan fingerprint density at radius 3 is 2.66 bits per heavy atom. The topological polar surface area (TPSA) is 105 Å². The fourth-order valence-electron chi connectivity index (χ4n) is 2.28. The highest BCUT2D eigenvalue weighted by Gasteiger charge is 2.20. The Balaban J connectivity index is 1.84. The van der Waals surface area contributed by atoms with Crippen molar-refractivity contribution in [1.82, 2.24) is 9.97 Å². The van der Waals surface area contributed by atoms with Crippen LogP contribution in [-0.4, -0.2) is 56.0 Å². The zero-order valence-corrected chi connectivity index (χ0v) is 18.6. The predicted octanol–water partition coefficient (Wildman–Crippen LogP) is 3.09. The van der Waals surface area contributed by atoms with Gasteiger partial charge in [0.2, 0.25) is 0 Å². The first-order valence-corrected chi connectivity index (χ1v) is 11.8. The Bertz CT molecular complexity index is 919. The van der Waals surface area contributed by atoms with E-state index < -0.39 is 21.7 Å². The van der Waals surface area contributed by atoms with Gasteiger partial charge in [-0.2, -0.15) is 8.42 Å². The van der Waals surface area contributed by atoms with Crippen LogP contribution in [0.15, 0.2) is 23.7 Å². The summed E-state index contributed by atoms with van der Waals surface area (Å²) < 4.78 is 37.0. The van der Waals surface area contributed by atoms with Crippen LogP contribution in [0.5, 0.6) is 0 Å². The van der Waals surface area contributed by atoms with Gasteiger partial charge < -0.3 is 9.47 Å². The number of carbonyl (C=O) groups excluding carboxylic acids is 1. The smallest absolute Gasteiger partial charge is 0.358 e. The monoisotopic (exact) mass is 442 g/mol. The summed E-state index contributed by atoms with van der Waals surface area (Å²) in [7, 11) is -3.43. The molecule has 0 fully saturated rings. The third kappa shape index (κ3) is 8.99. The normalized spacial score (nSPS) is 12.1. The molecule has 8 nitrogen and oxygen atoms in total. The van der Waals surface area contributed by atoms with Gasteiger partial charge in [-0.3, -0.25) is 9.17 Å². The number of nitrogens with zero attached hydrogens (tertiary/aromatic N) is 2. The largest absolute Gasteiger partial charge is 0.455 e. The zero-order chi connectivity index (χ0) is 21.5. The number of ether oxygens (including phenoxy) is 2. The van der Waals surface area contributed by atoms with Crippen molar-refractivity contribution >= 4 is 27.4 Å². The molecule has 29 heavy (non-hydrogen) atoms. The highest BCUT2D eigenvalue weighted by Crippen LogP contribution is 2.25. The summed E-state index contributed by atoms with van der Waals surface area (Å²) in [6.07, 6.45) is 4.14. The molecule has 0 amide bonds. The van der Waals surface area contributed by atoms with Crippen LogP contribution in [0.3, 0.4) is 0 Å². The minimum absolute atomic E-state index is 0.0105. The molecule has 0 saturated carbocycles. The molecule has 0 radical (unpaired) electrons. The Morgan fingerprint density at radius 1 is 1.21 bits per heavy atom. The van der Waals surface area contributed by atoms with E-state index in [1.807, 2.05) is 32.9 Å². The number of carbonyl (C=O) groups is 1. The van der Waals surface area contributed by atoms with Crippen LogP contribution in [0.2, 0.25) is 0 Å². The molecule has 2 rings (SSSR count). The fourth-order valence-corrected chi connectivity index (χ4v) is 3.44. The van der Waals surface area contributed by atoms with Gasteiger partial charge in [0.1, 0.15) is 10.6 Å². The molecule has 160 valence electrons. The summed E-state index contributed by atoms with van der Waals surface area (Å²) in [6.45, 7) is 6.14. The third-order valence-corrected chi connectivity index (χ3v) is 4.91. The summed E-state index contributed by atoms with van der Waals surface area (Å²) in [5.41, 5.74) is 1.50. The van der Waals surface area contributed by atoms with E-state index in [4.69, 9.17) is 9.47 Å². The molecular weight excluding hydrogens is 416 g/mol. The van der Waals surface area contributed by atoms with Crippen molar-refractivity contribution in [3.05, 3.63) is 35.1 Å². The molecule has 0 atom stereocenters. The summed E-state index contributed by atoms with van der Waals surface area (Å²) in [5.74, 6) is -0.439. The van der Waals surface area contributed by atoms with E-state index in [1.165, 1.54) is 11.3 Å². The summed E-state index contributed by atoms with van der Waals surface area (Å²) >= 11 is 1.38. The average molecular weight is 443 g/mol. The summed E-state index contributed by atoms with van der Waals surface area (Å²) in [6, 6.07) is 3.78. The van der Waals surface area contributed by atoms with Gasteiger partial charge in [0.05, 0.1) is 19.5 Å². The molecular formula is C19H26N2O6S2. The molecule has 0 saturated heterocycles. The maximum absolute atomic E-state index is 12.1. The van der Waals surface area contributed by atoms with Crippen molar-refractivity contribution in [1.29, 1.82) is 0 Å². The highest BCUT2D eigenvalue weighted by atomic mass is 32.2. The van der Waals surface area contributed by atoms with E-state index in [1.54, 1.807) is 11.6 Å². The Kier molecular flexibility index (Phi) is 8.26. The fraction of sp³-hybridized carbons (Fsp3) is 0.526. The van der Waals surface area contributed by atoms with Crippen molar-refractivity contribution in [3.63, 3.8) is 0 Å². The second-order valence-electron chi connectivity index (χ2n) is 7.32. The minimum atomic E-state index is -3.43. The molecule has 2 aromatic heterocycles. The lowest BCUT2D eigenvalue weighted by Crippen LogP contribution is -2.24. The van der Waals surface area contributed by atoms with Crippen LogP contribution in [0.1, 0.15) is 43.4 Å². The molecule has 0 unspecified atom stereocenters. The number of rotatable bonds is 10. The van der Waals surface area contributed by atoms with Crippen LogP contribution < -0.4 is 0 Å². The van der Waals surface area contributed by atoms with Crippen LogP contribution in [0.4, 0.5) is 0 Å². The van der Waals surface area contributed by atoms with Gasteiger partial charge in [-0.1, -0.05) is 0 Å². The first-order chi connectivity index (χ1) is 13.5. The zero-order valence-electron chi connectivity index (χ0n) is 17.0. The van der Waals surface area contributed by atoms with Gasteiger partial charge in [-0.05, 0) is 45.7 Å². The van der Waals surface area contributed by atoms with Gasteiger partial charge in [-0.15, -0.1) is 11.3 Å². The van der Waals surface area contributed by atoms with E-state index in [-0.39, 0.29) is 13.2 Å². The van der Waals surface area contributed by atoms with Gasteiger partial charge in [0, 0.05) is 29.4 Å². The van der Waals surface area contributed by atoms with Crippen molar-refractivity contribution < 1.29 is 26.9 Å². The van der Waals surface area contributed by atoms with E-state index >= 15 is 0 Å². The van der Waals surface area contributed by atoms with Crippen molar-refractivity contribution in [3.8, 4) is 10.6 Å². The Morgan fingerprint density at radius 2 is 1.97 bits per heavy atom. The second-order valence-corrected chi connectivity index (χ2v) is 9.82. The molecule has 0 bridgehead atoms. The molecule has 2 heterocycles. The third-order valence-electron chi connectivity index (χ3n) is 3.42. The molecule has 2 aromatic rings. The van der Waals surface area contributed by atoms with Crippen LogP contribution in [0.25, 0.3) is 10.6 Å². The lowest BCUT2D eigenvalue weighted by molar-refractivity contribution is 0.00637. The number of esters is 1. The summed E-state index contributed by atoms with van der Waals surface area (Å²) in [4.78, 5) is 20.9. The lowest BCUT2D eigenvalue weighted by atomic mass is 10.1. The molecule has 0 aliphatic heterocycles. The van der Waals surface area contributed by atoms with E-state index in [0.717, 1.165) is 28.9 Å². The number of aromatic nitrogens is 2. The highest BCUT2D eigenvalue weighted by molar-refractivity contribution is 7.85. The van der Waals surface area contributed by atoms with Crippen LogP contribution >= 0.6 is 11.3 Å². The first-order valence-electron chi connectivity index (χ1n) is 9.10. The number of thiazole rings is 1. The molecule has 0 N–H and O–H groups in total. The minimum Gasteiger partial charge on any atom is -0.455 e.